The maximum atomic E-state index is 12.8. The van der Waals surface area contributed by atoms with Crippen molar-refractivity contribution in [2.45, 2.75) is 18.9 Å². The Morgan fingerprint density at radius 3 is 2.66 bits per heavy atom. The number of rotatable bonds is 6. The summed E-state index contributed by atoms with van der Waals surface area (Å²) in [6.45, 7) is 0.923. The number of benzene rings is 2. The average molecular weight is 432 g/mol. The van der Waals surface area contributed by atoms with Crippen LogP contribution in [0.1, 0.15) is 44.1 Å². The molecule has 1 fully saturated rings. The number of furan rings is 1. The van der Waals surface area contributed by atoms with E-state index in [1.54, 1.807) is 54.6 Å². The van der Waals surface area contributed by atoms with E-state index in [9.17, 15) is 14.4 Å². The number of nitrogens with zero attached hydrogens (tertiary/aromatic N) is 1. The van der Waals surface area contributed by atoms with E-state index in [2.05, 4.69) is 5.32 Å². The van der Waals surface area contributed by atoms with Crippen molar-refractivity contribution in [3.8, 4) is 11.5 Å². The van der Waals surface area contributed by atoms with Crippen molar-refractivity contribution >= 4 is 23.4 Å². The van der Waals surface area contributed by atoms with E-state index in [1.165, 1.54) is 11.2 Å². The number of anilines is 1. The lowest BCUT2D eigenvalue weighted by Crippen LogP contribution is -2.36. The Bertz CT molecular complexity index is 1180. The van der Waals surface area contributed by atoms with Crippen LogP contribution in [-0.2, 0) is 4.74 Å². The summed E-state index contributed by atoms with van der Waals surface area (Å²) in [5.41, 5.74) is 1.20. The Labute approximate surface area is 183 Å². The first-order valence-electron chi connectivity index (χ1n) is 10.3. The highest BCUT2D eigenvalue weighted by molar-refractivity contribution is 6.21. The zero-order chi connectivity index (χ0) is 22.1. The number of imide groups is 1. The molecule has 162 valence electrons. The molecular formula is C24H20N2O6. The minimum absolute atomic E-state index is 0.105. The molecule has 2 aliphatic rings. The minimum atomic E-state index is -0.375. The topological polar surface area (TPSA) is 98.1 Å². The van der Waals surface area contributed by atoms with Crippen LogP contribution >= 0.6 is 0 Å². The number of carbonyl (C=O) groups is 3. The van der Waals surface area contributed by atoms with Gasteiger partial charge < -0.3 is 19.2 Å². The minimum Gasteiger partial charge on any atom is -0.459 e. The molecule has 1 saturated heterocycles. The second kappa shape index (κ2) is 8.32. The third kappa shape index (κ3) is 3.88. The number of amides is 3. The van der Waals surface area contributed by atoms with Crippen LogP contribution in [-0.4, -0.2) is 41.9 Å². The third-order valence-electron chi connectivity index (χ3n) is 5.42. The van der Waals surface area contributed by atoms with E-state index in [0.29, 0.717) is 34.9 Å². The average Bonchev–Trinajstić information content (AvgIpc) is 3.54. The molecule has 3 aromatic rings. The van der Waals surface area contributed by atoms with Crippen molar-refractivity contribution in [1.29, 1.82) is 0 Å². The van der Waals surface area contributed by atoms with Crippen molar-refractivity contribution in [3.05, 3.63) is 77.7 Å². The number of ether oxygens (including phenoxy) is 2. The Kier molecular flexibility index (Phi) is 5.20. The van der Waals surface area contributed by atoms with Gasteiger partial charge in [0.15, 0.2) is 5.76 Å². The molecule has 2 aromatic carbocycles. The Hall–Kier alpha value is -3.91. The van der Waals surface area contributed by atoms with Gasteiger partial charge in [-0.05, 0) is 55.3 Å². The molecule has 8 heteroatoms. The summed E-state index contributed by atoms with van der Waals surface area (Å²) in [6, 6.07) is 14.9. The van der Waals surface area contributed by atoms with Crippen LogP contribution in [0.4, 0.5) is 5.69 Å². The van der Waals surface area contributed by atoms with E-state index in [1.807, 2.05) is 0 Å². The first-order valence-corrected chi connectivity index (χ1v) is 10.3. The summed E-state index contributed by atoms with van der Waals surface area (Å²) in [4.78, 5) is 38.9. The van der Waals surface area contributed by atoms with Crippen LogP contribution in [0, 0.1) is 0 Å². The second-order valence-electron chi connectivity index (χ2n) is 7.62. The highest BCUT2D eigenvalue weighted by Crippen LogP contribution is 2.31. The molecule has 0 radical (unpaired) electrons. The molecule has 3 heterocycles. The van der Waals surface area contributed by atoms with E-state index in [-0.39, 0.29) is 36.1 Å². The summed E-state index contributed by atoms with van der Waals surface area (Å²) in [5, 5.41) is 2.74. The first-order chi connectivity index (χ1) is 15.6. The lowest BCUT2D eigenvalue weighted by Gasteiger charge is -2.17. The van der Waals surface area contributed by atoms with Crippen molar-refractivity contribution in [3.63, 3.8) is 0 Å². The molecule has 0 spiro atoms. The highest BCUT2D eigenvalue weighted by atomic mass is 16.5. The van der Waals surface area contributed by atoms with Crippen LogP contribution in [0.2, 0.25) is 0 Å². The Morgan fingerprint density at radius 1 is 1.03 bits per heavy atom. The van der Waals surface area contributed by atoms with Crippen LogP contribution in [0.5, 0.6) is 11.5 Å². The monoisotopic (exact) mass is 432 g/mol. The predicted molar refractivity (Wildman–Crippen MR) is 114 cm³/mol. The van der Waals surface area contributed by atoms with Gasteiger partial charge in [-0.1, -0.05) is 6.07 Å². The molecule has 3 amide bonds. The van der Waals surface area contributed by atoms with Crippen molar-refractivity contribution < 1.29 is 28.3 Å². The predicted octanol–water partition coefficient (Wildman–Crippen LogP) is 4.10. The van der Waals surface area contributed by atoms with Crippen molar-refractivity contribution in [2.75, 3.05) is 18.5 Å². The van der Waals surface area contributed by atoms with E-state index >= 15 is 0 Å². The highest BCUT2D eigenvalue weighted by Gasteiger charge is 2.37. The smallest absolute Gasteiger partial charge is 0.291 e. The molecule has 1 atom stereocenters. The van der Waals surface area contributed by atoms with E-state index in [4.69, 9.17) is 13.9 Å². The quantitative estimate of drug-likeness (QED) is 0.589. The summed E-state index contributed by atoms with van der Waals surface area (Å²) >= 11 is 0. The summed E-state index contributed by atoms with van der Waals surface area (Å²) < 4.78 is 16.5. The summed E-state index contributed by atoms with van der Waals surface area (Å²) in [7, 11) is 0. The van der Waals surface area contributed by atoms with Gasteiger partial charge in [-0.2, -0.15) is 0 Å². The van der Waals surface area contributed by atoms with Crippen molar-refractivity contribution in [1.82, 2.24) is 4.90 Å². The SMILES string of the molecule is O=C(Nc1cccc(Oc2ccc3c(c2)C(=O)N(CC2CCCO2)C3=O)c1)c1ccco1. The van der Waals surface area contributed by atoms with Gasteiger partial charge in [0.25, 0.3) is 17.7 Å². The molecule has 1 N–H and O–H groups in total. The summed E-state index contributed by atoms with van der Waals surface area (Å²) in [5.74, 6) is 0.0551. The third-order valence-corrected chi connectivity index (χ3v) is 5.42. The largest absolute Gasteiger partial charge is 0.459 e. The lowest BCUT2D eigenvalue weighted by atomic mass is 10.1. The van der Waals surface area contributed by atoms with E-state index < -0.39 is 0 Å². The van der Waals surface area contributed by atoms with Gasteiger partial charge in [0.2, 0.25) is 0 Å². The fourth-order valence-corrected chi connectivity index (χ4v) is 3.86. The fourth-order valence-electron chi connectivity index (χ4n) is 3.86. The zero-order valence-electron chi connectivity index (χ0n) is 17.1. The molecule has 0 saturated carbocycles. The molecule has 1 aromatic heterocycles. The van der Waals surface area contributed by atoms with Crippen LogP contribution in [0.25, 0.3) is 0 Å². The molecule has 2 aliphatic heterocycles. The van der Waals surface area contributed by atoms with Crippen LogP contribution in [0.3, 0.4) is 0 Å². The summed E-state index contributed by atoms with van der Waals surface area (Å²) in [6.07, 6.45) is 3.10. The van der Waals surface area contributed by atoms with Crippen molar-refractivity contribution in [2.24, 2.45) is 0 Å². The van der Waals surface area contributed by atoms with Gasteiger partial charge >= 0.3 is 0 Å². The van der Waals surface area contributed by atoms with Crippen LogP contribution < -0.4 is 10.1 Å². The number of nitrogens with one attached hydrogen (secondary N) is 1. The maximum Gasteiger partial charge on any atom is 0.291 e. The molecule has 32 heavy (non-hydrogen) atoms. The first kappa shape index (κ1) is 20.0. The van der Waals surface area contributed by atoms with Crippen LogP contribution in [0.15, 0.2) is 65.3 Å². The van der Waals surface area contributed by atoms with Gasteiger partial charge in [0.05, 0.1) is 30.0 Å². The molecule has 1 unspecified atom stereocenters. The fraction of sp³-hybridized carbons (Fsp3) is 0.208. The van der Waals surface area contributed by atoms with E-state index in [0.717, 1.165) is 12.8 Å². The number of carbonyl (C=O) groups excluding carboxylic acids is 3. The number of fused-ring (bicyclic) bond motifs is 1. The zero-order valence-corrected chi connectivity index (χ0v) is 17.1. The lowest BCUT2D eigenvalue weighted by molar-refractivity contribution is 0.0475. The second-order valence-corrected chi connectivity index (χ2v) is 7.62. The van der Waals surface area contributed by atoms with Gasteiger partial charge in [-0.3, -0.25) is 19.3 Å². The molecule has 0 aliphatic carbocycles. The standard InChI is InChI=1S/C24H20N2O6/c27-22(21-7-3-11-31-21)25-15-4-1-5-16(12-15)32-17-8-9-19-20(13-17)24(29)26(23(19)28)14-18-6-2-10-30-18/h1,3-5,7-9,11-13,18H,2,6,10,14H2,(H,25,27). The number of hydrogen-bond acceptors (Lipinski definition) is 6. The van der Waals surface area contributed by atoms with Gasteiger partial charge in [-0.15, -0.1) is 0 Å². The normalized spacial score (nSPS) is 17.5. The Morgan fingerprint density at radius 2 is 1.88 bits per heavy atom. The Balaban J connectivity index is 1.30. The molecular weight excluding hydrogens is 412 g/mol. The van der Waals surface area contributed by atoms with Gasteiger partial charge in [-0.25, -0.2) is 0 Å². The molecule has 5 rings (SSSR count). The molecule has 0 bridgehead atoms. The maximum absolute atomic E-state index is 12.8. The molecule has 8 nitrogen and oxygen atoms in total. The van der Waals surface area contributed by atoms with Gasteiger partial charge in [0.1, 0.15) is 11.5 Å². The number of hydrogen-bond donors (Lipinski definition) is 1. The van der Waals surface area contributed by atoms with Gasteiger partial charge in [0, 0.05) is 18.4 Å².